The molecule has 3 rings (SSSR count). The van der Waals surface area contributed by atoms with Crippen LogP contribution in [-0.2, 0) is 0 Å². The van der Waals surface area contributed by atoms with Crippen LogP contribution in [0.2, 0.25) is 0 Å². The van der Waals surface area contributed by atoms with E-state index in [1.54, 1.807) is 17.0 Å². The second-order valence-electron chi connectivity index (χ2n) is 5.18. The second kappa shape index (κ2) is 4.93. The summed E-state index contributed by atoms with van der Waals surface area (Å²) in [6.07, 6.45) is 3.55. The minimum atomic E-state index is -0.0310. The van der Waals surface area contributed by atoms with Crippen LogP contribution in [0.4, 0.5) is 0 Å². The first-order chi connectivity index (χ1) is 9.66. The van der Waals surface area contributed by atoms with Crippen molar-refractivity contribution in [3.63, 3.8) is 0 Å². The van der Waals surface area contributed by atoms with E-state index in [0.29, 0.717) is 17.1 Å². The minimum Gasteiger partial charge on any atom is -0.268 e. The highest BCUT2D eigenvalue weighted by molar-refractivity contribution is 5.81. The molecular formula is C17H16N2O. The zero-order valence-corrected chi connectivity index (χ0v) is 11.6. The summed E-state index contributed by atoms with van der Waals surface area (Å²) in [6, 6.07) is 13.5. The molecule has 0 aliphatic carbocycles. The highest BCUT2D eigenvalue weighted by Gasteiger charge is 2.07. The third-order valence-electron chi connectivity index (χ3n) is 3.50. The van der Waals surface area contributed by atoms with Gasteiger partial charge in [-0.1, -0.05) is 32.0 Å². The van der Waals surface area contributed by atoms with Crippen molar-refractivity contribution in [2.24, 2.45) is 0 Å². The molecule has 0 saturated heterocycles. The molecule has 2 aromatic heterocycles. The minimum absolute atomic E-state index is 0.0310. The normalized spacial score (nSPS) is 11.2. The van der Waals surface area contributed by atoms with Gasteiger partial charge < -0.3 is 0 Å². The molecular weight excluding hydrogens is 248 g/mol. The van der Waals surface area contributed by atoms with Crippen molar-refractivity contribution in [3.8, 4) is 5.82 Å². The zero-order chi connectivity index (χ0) is 14.1. The number of pyridine rings is 2. The molecule has 3 heteroatoms. The molecule has 0 spiro atoms. The molecule has 3 nitrogen and oxygen atoms in total. The smallest absolute Gasteiger partial charge is 0.264 e. The molecule has 0 amide bonds. The standard InChI is InChI=1S/C17H16N2O/c1-12(2)14-7-9-18-16(11-14)19-10-8-13-5-3-4-6-15(13)17(19)20/h3-12H,1-2H3. The van der Waals surface area contributed by atoms with Crippen molar-refractivity contribution in [3.05, 3.63) is 70.8 Å². The Bertz CT molecular complexity index is 818. The van der Waals surface area contributed by atoms with Crippen LogP contribution in [0.25, 0.3) is 16.6 Å². The fraction of sp³-hybridized carbons (Fsp3) is 0.176. The number of hydrogen-bond acceptors (Lipinski definition) is 2. The monoisotopic (exact) mass is 264 g/mol. The maximum absolute atomic E-state index is 12.5. The summed E-state index contributed by atoms with van der Waals surface area (Å²) >= 11 is 0. The van der Waals surface area contributed by atoms with Crippen molar-refractivity contribution in [2.45, 2.75) is 19.8 Å². The lowest BCUT2D eigenvalue weighted by molar-refractivity contribution is 0.851. The lowest BCUT2D eigenvalue weighted by Gasteiger charge is -2.10. The Morgan fingerprint density at radius 1 is 1.10 bits per heavy atom. The van der Waals surface area contributed by atoms with Crippen LogP contribution in [0.3, 0.4) is 0 Å². The number of aromatic nitrogens is 2. The molecule has 0 N–H and O–H groups in total. The van der Waals surface area contributed by atoms with E-state index in [2.05, 4.69) is 18.8 Å². The maximum Gasteiger partial charge on any atom is 0.264 e. The number of rotatable bonds is 2. The Labute approximate surface area is 117 Å². The van der Waals surface area contributed by atoms with E-state index in [1.165, 1.54) is 5.56 Å². The lowest BCUT2D eigenvalue weighted by atomic mass is 10.1. The molecule has 1 aromatic carbocycles. The van der Waals surface area contributed by atoms with Crippen molar-refractivity contribution < 1.29 is 0 Å². The van der Waals surface area contributed by atoms with Gasteiger partial charge in [-0.15, -0.1) is 0 Å². The van der Waals surface area contributed by atoms with Gasteiger partial charge in [-0.05, 0) is 41.1 Å². The van der Waals surface area contributed by atoms with Gasteiger partial charge in [-0.3, -0.25) is 9.36 Å². The van der Waals surface area contributed by atoms with E-state index in [9.17, 15) is 4.79 Å². The van der Waals surface area contributed by atoms with E-state index in [1.807, 2.05) is 42.5 Å². The average Bonchev–Trinajstić information content (AvgIpc) is 2.48. The van der Waals surface area contributed by atoms with Crippen LogP contribution < -0.4 is 5.56 Å². The third-order valence-corrected chi connectivity index (χ3v) is 3.50. The van der Waals surface area contributed by atoms with Gasteiger partial charge in [-0.2, -0.15) is 0 Å². The summed E-state index contributed by atoms with van der Waals surface area (Å²) in [6.45, 7) is 4.25. The SMILES string of the molecule is CC(C)c1ccnc(-n2ccc3ccccc3c2=O)c1. The van der Waals surface area contributed by atoms with E-state index in [-0.39, 0.29) is 5.56 Å². The van der Waals surface area contributed by atoms with Gasteiger partial charge in [0.15, 0.2) is 0 Å². The Kier molecular flexibility index (Phi) is 3.11. The molecule has 0 aliphatic heterocycles. The molecule has 0 radical (unpaired) electrons. The molecule has 0 unspecified atom stereocenters. The van der Waals surface area contributed by atoms with E-state index >= 15 is 0 Å². The van der Waals surface area contributed by atoms with Gasteiger partial charge in [0.05, 0.1) is 0 Å². The van der Waals surface area contributed by atoms with Crippen molar-refractivity contribution in [1.29, 1.82) is 0 Å². The number of nitrogens with zero attached hydrogens (tertiary/aromatic N) is 2. The topological polar surface area (TPSA) is 34.9 Å². The van der Waals surface area contributed by atoms with Crippen LogP contribution in [0, 0.1) is 0 Å². The first kappa shape index (κ1) is 12.6. The number of benzene rings is 1. The Morgan fingerprint density at radius 2 is 1.90 bits per heavy atom. The van der Waals surface area contributed by atoms with Crippen LogP contribution in [0.1, 0.15) is 25.3 Å². The largest absolute Gasteiger partial charge is 0.268 e. The maximum atomic E-state index is 12.5. The lowest BCUT2D eigenvalue weighted by Crippen LogP contribution is -2.18. The van der Waals surface area contributed by atoms with Crippen LogP contribution in [0.5, 0.6) is 0 Å². The third kappa shape index (κ3) is 2.11. The molecule has 3 aromatic rings. The molecule has 100 valence electrons. The fourth-order valence-electron chi connectivity index (χ4n) is 2.29. The Morgan fingerprint density at radius 3 is 2.70 bits per heavy atom. The number of fused-ring (bicyclic) bond motifs is 1. The van der Waals surface area contributed by atoms with Crippen molar-refractivity contribution >= 4 is 10.8 Å². The molecule has 0 bridgehead atoms. The predicted molar refractivity (Wildman–Crippen MR) is 81.4 cm³/mol. The summed E-state index contributed by atoms with van der Waals surface area (Å²) in [5.41, 5.74) is 1.14. The van der Waals surface area contributed by atoms with Gasteiger partial charge in [0.1, 0.15) is 5.82 Å². The Hall–Kier alpha value is -2.42. The van der Waals surface area contributed by atoms with Gasteiger partial charge in [0.25, 0.3) is 5.56 Å². The molecule has 0 atom stereocenters. The summed E-state index contributed by atoms with van der Waals surface area (Å²) in [5.74, 6) is 1.08. The highest BCUT2D eigenvalue weighted by atomic mass is 16.1. The van der Waals surface area contributed by atoms with Gasteiger partial charge >= 0.3 is 0 Å². The quantitative estimate of drug-likeness (QED) is 0.710. The summed E-state index contributed by atoms with van der Waals surface area (Å²) in [4.78, 5) is 16.9. The highest BCUT2D eigenvalue weighted by Crippen LogP contribution is 2.16. The first-order valence-electron chi connectivity index (χ1n) is 6.73. The number of hydrogen-bond donors (Lipinski definition) is 0. The summed E-state index contributed by atoms with van der Waals surface area (Å²) < 4.78 is 1.61. The summed E-state index contributed by atoms with van der Waals surface area (Å²) in [5, 5.41) is 1.67. The molecule has 0 aliphatic rings. The zero-order valence-electron chi connectivity index (χ0n) is 11.6. The van der Waals surface area contributed by atoms with Crippen LogP contribution in [-0.4, -0.2) is 9.55 Å². The van der Waals surface area contributed by atoms with Crippen LogP contribution >= 0.6 is 0 Å². The van der Waals surface area contributed by atoms with E-state index in [0.717, 1.165) is 5.39 Å². The molecule has 20 heavy (non-hydrogen) atoms. The summed E-state index contributed by atoms with van der Waals surface area (Å²) in [7, 11) is 0. The predicted octanol–water partition coefficient (Wildman–Crippen LogP) is 3.51. The van der Waals surface area contributed by atoms with E-state index in [4.69, 9.17) is 0 Å². The van der Waals surface area contributed by atoms with Crippen molar-refractivity contribution in [1.82, 2.24) is 9.55 Å². The Balaban J connectivity index is 2.22. The van der Waals surface area contributed by atoms with Crippen LogP contribution in [0.15, 0.2) is 59.7 Å². The van der Waals surface area contributed by atoms with E-state index < -0.39 is 0 Å². The molecule has 0 saturated carbocycles. The average molecular weight is 264 g/mol. The second-order valence-corrected chi connectivity index (χ2v) is 5.18. The molecule has 2 heterocycles. The fourth-order valence-corrected chi connectivity index (χ4v) is 2.29. The first-order valence-corrected chi connectivity index (χ1v) is 6.73. The van der Waals surface area contributed by atoms with Gasteiger partial charge in [0, 0.05) is 17.8 Å². The van der Waals surface area contributed by atoms with Crippen molar-refractivity contribution in [2.75, 3.05) is 0 Å². The molecule has 0 fully saturated rings. The van der Waals surface area contributed by atoms with Gasteiger partial charge in [0.2, 0.25) is 0 Å². The van der Waals surface area contributed by atoms with Gasteiger partial charge in [-0.25, -0.2) is 4.98 Å².